The average molecular weight is 485 g/mol. The zero-order valence-electron chi connectivity index (χ0n) is 18.3. The topological polar surface area (TPSA) is 151 Å². The zero-order valence-corrected chi connectivity index (χ0v) is 20.0. The molecule has 178 valence electrons. The number of carbonyl (C=O) groups excluding carboxylic acids is 3. The maximum absolute atomic E-state index is 13.1. The van der Waals surface area contributed by atoms with Crippen molar-refractivity contribution in [3.63, 3.8) is 0 Å². The molecule has 0 saturated heterocycles. The summed E-state index contributed by atoms with van der Waals surface area (Å²) in [6.07, 6.45) is 4.79. The lowest BCUT2D eigenvalue weighted by atomic mass is 10.0. The van der Waals surface area contributed by atoms with E-state index in [1.807, 2.05) is 42.8 Å². The molecule has 11 heteroatoms. The summed E-state index contributed by atoms with van der Waals surface area (Å²) >= 11 is 3.07. The molecule has 1 aromatic carbocycles. The van der Waals surface area contributed by atoms with Crippen LogP contribution >= 0.6 is 23.5 Å². The fourth-order valence-corrected chi connectivity index (χ4v) is 3.74. The normalized spacial score (nSPS) is 13.5. The van der Waals surface area contributed by atoms with Crippen LogP contribution in [0.4, 0.5) is 0 Å². The van der Waals surface area contributed by atoms with Crippen LogP contribution in [0.2, 0.25) is 0 Å². The Hall–Kier alpha value is -2.24. The highest BCUT2D eigenvalue weighted by molar-refractivity contribution is 7.98. The Kier molecular flexibility index (Phi) is 13.5. The van der Waals surface area contributed by atoms with Crippen molar-refractivity contribution < 1.29 is 24.3 Å². The van der Waals surface area contributed by atoms with E-state index in [-0.39, 0.29) is 6.42 Å². The third kappa shape index (κ3) is 10.9. The first-order chi connectivity index (χ1) is 15.3. The van der Waals surface area contributed by atoms with Crippen LogP contribution in [0.1, 0.15) is 18.4 Å². The van der Waals surface area contributed by atoms with Gasteiger partial charge in [-0.15, -0.1) is 0 Å². The number of carboxylic acid groups (broad SMARTS) is 1. The molecule has 3 atom stereocenters. The summed E-state index contributed by atoms with van der Waals surface area (Å²) < 4.78 is 0. The molecule has 32 heavy (non-hydrogen) atoms. The summed E-state index contributed by atoms with van der Waals surface area (Å²) in [7, 11) is 0. The van der Waals surface area contributed by atoms with Crippen LogP contribution < -0.4 is 21.7 Å². The van der Waals surface area contributed by atoms with Gasteiger partial charge in [0.25, 0.3) is 0 Å². The quantitative estimate of drug-likeness (QED) is 0.237. The van der Waals surface area contributed by atoms with Crippen LogP contribution in [0.25, 0.3) is 0 Å². The van der Waals surface area contributed by atoms with Crippen LogP contribution in [0.3, 0.4) is 0 Å². The molecule has 1 rings (SSSR count). The number of carbonyl (C=O) groups is 4. The minimum Gasteiger partial charge on any atom is -0.480 e. The minimum absolute atomic E-state index is 0.222. The number of carboxylic acids is 1. The molecule has 0 bridgehead atoms. The molecule has 0 aromatic heterocycles. The molecule has 0 heterocycles. The van der Waals surface area contributed by atoms with Gasteiger partial charge in [0, 0.05) is 6.42 Å². The van der Waals surface area contributed by atoms with Crippen LogP contribution in [0.5, 0.6) is 0 Å². The molecule has 6 N–H and O–H groups in total. The predicted molar refractivity (Wildman–Crippen MR) is 129 cm³/mol. The predicted octanol–water partition coefficient (Wildman–Crippen LogP) is 0.233. The number of benzene rings is 1. The molecule has 3 amide bonds. The number of amides is 3. The number of rotatable bonds is 15. The van der Waals surface area contributed by atoms with Gasteiger partial charge in [-0.3, -0.25) is 19.2 Å². The smallest absolute Gasteiger partial charge is 0.322 e. The molecule has 0 spiro atoms. The summed E-state index contributed by atoms with van der Waals surface area (Å²) in [4.78, 5) is 48.8. The Morgan fingerprint density at radius 3 is 2.09 bits per heavy atom. The van der Waals surface area contributed by atoms with E-state index in [4.69, 9.17) is 10.8 Å². The second-order valence-corrected chi connectivity index (χ2v) is 9.06. The van der Waals surface area contributed by atoms with Gasteiger partial charge in [0.2, 0.25) is 17.7 Å². The van der Waals surface area contributed by atoms with E-state index >= 15 is 0 Å². The first-order valence-corrected chi connectivity index (χ1v) is 12.9. The van der Waals surface area contributed by atoms with Crippen molar-refractivity contribution in [2.24, 2.45) is 5.73 Å². The van der Waals surface area contributed by atoms with Gasteiger partial charge in [-0.1, -0.05) is 30.3 Å². The molecule has 0 fully saturated rings. The van der Waals surface area contributed by atoms with Gasteiger partial charge in [0.05, 0.1) is 6.04 Å². The van der Waals surface area contributed by atoms with Crippen molar-refractivity contribution in [3.8, 4) is 0 Å². The Bertz CT molecular complexity index is 751. The SMILES string of the molecule is CSCCC(N)C(=O)NC(Cc1ccccc1)C(=O)NC(CCSC)C(=O)NCC(=O)O. The molecule has 1 aromatic rings. The lowest BCUT2D eigenvalue weighted by Crippen LogP contribution is -2.56. The molecule has 0 saturated carbocycles. The summed E-state index contributed by atoms with van der Waals surface area (Å²) in [6, 6.07) is 6.58. The second kappa shape index (κ2) is 15.5. The fourth-order valence-electron chi connectivity index (χ4n) is 2.78. The Labute approximate surface area is 197 Å². The van der Waals surface area contributed by atoms with Gasteiger partial charge in [-0.05, 0) is 42.4 Å². The van der Waals surface area contributed by atoms with Gasteiger partial charge in [-0.2, -0.15) is 23.5 Å². The van der Waals surface area contributed by atoms with Crippen molar-refractivity contribution in [1.82, 2.24) is 16.0 Å². The molecule has 3 unspecified atom stereocenters. The summed E-state index contributed by atoms with van der Waals surface area (Å²) in [5, 5.41) is 16.5. The number of nitrogens with one attached hydrogen (secondary N) is 3. The minimum atomic E-state index is -1.18. The van der Waals surface area contributed by atoms with E-state index in [0.29, 0.717) is 24.3 Å². The number of hydrogen-bond acceptors (Lipinski definition) is 7. The van der Waals surface area contributed by atoms with Crippen molar-refractivity contribution in [2.45, 2.75) is 37.4 Å². The van der Waals surface area contributed by atoms with Crippen molar-refractivity contribution in [1.29, 1.82) is 0 Å². The van der Waals surface area contributed by atoms with Crippen molar-refractivity contribution in [3.05, 3.63) is 35.9 Å². The van der Waals surface area contributed by atoms with Crippen LogP contribution in [0.15, 0.2) is 30.3 Å². The van der Waals surface area contributed by atoms with E-state index in [1.165, 1.54) is 11.8 Å². The summed E-state index contributed by atoms with van der Waals surface area (Å²) in [5.74, 6) is -1.44. The number of hydrogen-bond donors (Lipinski definition) is 5. The highest BCUT2D eigenvalue weighted by Gasteiger charge is 2.28. The molecule has 0 aliphatic rings. The molecule has 0 aliphatic heterocycles. The number of nitrogens with two attached hydrogens (primary N) is 1. The third-order valence-corrected chi connectivity index (χ3v) is 5.83. The lowest BCUT2D eigenvalue weighted by molar-refractivity contribution is -0.138. The average Bonchev–Trinajstić information content (AvgIpc) is 2.78. The molecular weight excluding hydrogens is 452 g/mol. The van der Waals surface area contributed by atoms with Gasteiger partial charge in [0.15, 0.2) is 0 Å². The van der Waals surface area contributed by atoms with Gasteiger partial charge >= 0.3 is 5.97 Å². The van der Waals surface area contributed by atoms with Gasteiger partial charge in [0.1, 0.15) is 18.6 Å². The maximum atomic E-state index is 13.1. The third-order valence-electron chi connectivity index (χ3n) is 4.54. The number of thioether (sulfide) groups is 2. The molecular formula is C21H32N4O5S2. The number of aliphatic carboxylic acids is 1. The first-order valence-electron chi connectivity index (χ1n) is 10.2. The van der Waals surface area contributed by atoms with Crippen LogP contribution in [0, 0.1) is 0 Å². The lowest BCUT2D eigenvalue weighted by Gasteiger charge is -2.24. The monoisotopic (exact) mass is 484 g/mol. The van der Waals surface area contributed by atoms with E-state index in [0.717, 1.165) is 5.56 Å². The highest BCUT2D eigenvalue weighted by Crippen LogP contribution is 2.07. The highest BCUT2D eigenvalue weighted by atomic mass is 32.2. The fraction of sp³-hybridized carbons (Fsp3) is 0.524. The second-order valence-electron chi connectivity index (χ2n) is 7.09. The van der Waals surface area contributed by atoms with Crippen molar-refractivity contribution >= 4 is 47.2 Å². The Balaban J connectivity index is 2.95. The van der Waals surface area contributed by atoms with Crippen LogP contribution in [-0.2, 0) is 25.6 Å². The maximum Gasteiger partial charge on any atom is 0.322 e. The zero-order chi connectivity index (χ0) is 23.9. The van der Waals surface area contributed by atoms with E-state index < -0.39 is 48.4 Å². The molecule has 0 aliphatic carbocycles. The largest absolute Gasteiger partial charge is 0.480 e. The Morgan fingerprint density at radius 2 is 1.50 bits per heavy atom. The standard InChI is InChI=1S/C21H32N4O5S2/c1-31-10-8-15(22)19(28)25-17(12-14-6-4-3-5-7-14)21(30)24-16(9-11-32-2)20(29)23-13-18(26)27/h3-7,15-17H,8-13,22H2,1-2H3,(H,23,29)(H,24,30)(H,25,28)(H,26,27). The Morgan fingerprint density at radius 1 is 0.906 bits per heavy atom. The van der Waals surface area contributed by atoms with E-state index in [1.54, 1.807) is 11.8 Å². The first kappa shape index (κ1) is 27.8. The summed E-state index contributed by atoms with van der Waals surface area (Å²) in [6.45, 7) is -0.543. The van der Waals surface area contributed by atoms with Crippen molar-refractivity contribution in [2.75, 3.05) is 30.6 Å². The molecule has 9 nitrogen and oxygen atoms in total. The van der Waals surface area contributed by atoms with E-state index in [2.05, 4.69) is 16.0 Å². The van der Waals surface area contributed by atoms with Crippen LogP contribution in [-0.4, -0.2) is 77.5 Å². The molecule has 0 radical (unpaired) electrons. The van der Waals surface area contributed by atoms with Gasteiger partial charge in [-0.25, -0.2) is 0 Å². The summed E-state index contributed by atoms with van der Waals surface area (Å²) in [5.41, 5.74) is 6.78. The van der Waals surface area contributed by atoms with Gasteiger partial charge < -0.3 is 26.8 Å². The van der Waals surface area contributed by atoms with E-state index in [9.17, 15) is 19.2 Å².